The fourth-order valence-electron chi connectivity index (χ4n) is 4.28. The molecule has 0 bridgehead atoms. The number of ether oxygens (including phenoxy) is 1. The van der Waals surface area contributed by atoms with Crippen LogP contribution < -0.4 is 0 Å². The van der Waals surface area contributed by atoms with E-state index < -0.39 is 0 Å². The highest BCUT2D eigenvalue weighted by atomic mass is 35.5. The van der Waals surface area contributed by atoms with E-state index in [1.165, 1.54) is 4.88 Å². The molecule has 166 valence electrons. The number of amides is 2. The maximum Gasteiger partial charge on any atom is 0.242 e. The van der Waals surface area contributed by atoms with E-state index in [0.717, 1.165) is 36.8 Å². The van der Waals surface area contributed by atoms with Crippen LogP contribution in [0.25, 0.3) is 0 Å². The predicted molar refractivity (Wildman–Crippen MR) is 124 cm³/mol. The van der Waals surface area contributed by atoms with Crippen LogP contribution >= 0.6 is 34.5 Å². The molecular formula is C23H26Cl2N2O3S. The molecule has 8 heteroatoms. The Morgan fingerprint density at radius 2 is 2.03 bits per heavy atom. The lowest BCUT2D eigenvalue weighted by atomic mass is 9.84. The molecule has 31 heavy (non-hydrogen) atoms. The van der Waals surface area contributed by atoms with Gasteiger partial charge in [0.1, 0.15) is 0 Å². The first-order valence-electron chi connectivity index (χ1n) is 10.6. The first-order valence-corrected chi connectivity index (χ1v) is 12.2. The third-order valence-corrected chi connectivity index (χ3v) is 7.76. The van der Waals surface area contributed by atoms with Gasteiger partial charge < -0.3 is 14.5 Å². The molecule has 1 saturated carbocycles. The lowest BCUT2D eigenvalue weighted by molar-refractivity contribution is -0.146. The Kier molecular flexibility index (Phi) is 7.22. The summed E-state index contributed by atoms with van der Waals surface area (Å²) in [5.41, 5.74) is 1.95. The van der Waals surface area contributed by atoms with Crippen LogP contribution in [0, 0.1) is 5.92 Å². The van der Waals surface area contributed by atoms with Crippen molar-refractivity contribution in [1.82, 2.24) is 9.80 Å². The number of fused-ring (bicyclic) bond motifs is 1. The van der Waals surface area contributed by atoms with E-state index in [1.54, 1.807) is 35.5 Å². The van der Waals surface area contributed by atoms with Crippen LogP contribution in [0.3, 0.4) is 0 Å². The average Bonchev–Trinajstić information content (AvgIpc) is 3.18. The van der Waals surface area contributed by atoms with Gasteiger partial charge >= 0.3 is 0 Å². The highest BCUT2D eigenvalue weighted by Crippen LogP contribution is 2.41. The van der Waals surface area contributed by atoms with Crippen molar-refractivity contribution in [2.24, 2.45) is 5.92 Å². The van der Waals surface area contributed by atoms with Gasteiger partial charge in [-0.1, -0.05) is 35.7 Å². The van der Waals surface area contributed by atoms with E-state index in [-0.39, 0.29) is 30.3 Å². The largest absolute Gasteiger partial charge is 0.383 e. The van der Waals surface area contributed by atoms with E-state index >= 15 is 0 Å². The Hall–Kier alpha value is -1.60. The molecule has 0 spiro atoms. The van der Waals surface area contributed by atoms with Gasteiger partial charge in [0.05, 0.1) is 19.2 Å². The zero-order valence-corrected chi connectivity index (χ0v) is 19.8. The summed E-state index contributed by atoms with van der Waals surface area (Å²) in [5, 5.41) is 3.15. The van der Waals surface area contributed by atoms with Crippen LogP contribution in [0.15, 0.2) is 29.6 Å². The normalized spacial score (nSPS) is 18.4. The molecule has 1 fully saturated rings. The molecule has 0 radical (unpaired) electrons. The summed E-state index contributed by atoms with van der Waals surface area (Å²) in [7, 11) is 1.61. The quantitative estimate of drug-likeness (QED) is 0.571. The maximum atomic E-state index is 13.5. The van der Waals surface area contributed by atoms with Crippen molar-refractivity contribution in [2.45, 2.75) is 31.7 Å². The number of benzene rings is 1. The number of hydrogen-bond acceptors (Lipinski definition) is 4. The molecule has 5 nitrogen and oxygen atoms in total. The Bertz CT molecular complexity index is 960. The van der Waals surface area contributed by atoms with Crippen LogP contribution in [0.4, 0.5) is 0 Å². The fourth-order valence-corrected chi connectivity index (χ4v) is 5.70. The number of methoxy groups -OCH3 is 1. The summed E-state index contributed by atoms with van der Waals surface area (Å²) in [6.07, 6.45) is 3.69. The smallest absolute Gasteiger partial charge is 0.242 e. The van der Waals surface area contributed by atoms with Crippen molar-refractivity contribution in [1.29, 1.82) is 0 Å². The molecule has 2 heterocycles. The summed E-state index contributed by atoms with van der Waals surface area (Å²) in [4.78, 5) is 31.2. The average molecular weight is 481 g/mol. The second-order valence-corrected chi connectivity index (χ2v) is 9.93. The molecule has 1 aliphatic carbocycles. The molecular weight excluding hydrogens is 455 g/mol. The van der Waals surface area contributed by atoms with Crippen LogP contribution in [-0.4, -0.2) is 55.0 Å². The molecule has 1 unspecified atom stereocenters. The number of thiophene rings is 1. The summed E-state index contributed by atoms with van der Waals surface area (Å²) >= 11 is 14.4. The van der Waals surface area contributed by atoms with Gasteiger partial charge in [-0.25, -0.2) is 0 Å². The van der Waals surface area contributed by atoms with Crippen LogP contribution in [0.1, 0.15) is 41.3 Å². The minimum atomic E-state index is -0.282. The van der Waals surface area contributed by atoms with Gasteiger partial charge in [-0.05, 0) is 54.0 Å². The molecule has 2 aliphatic rings. The Balaban J connectivity index is 1.61. The Labute approximate surface area is 196 Å². The van der Waals surface area contributed by atoms with Gasteiger partial charge in [0, 0.05) is 41.0 Å². The minimum Gasteiger partial charge on any atom is -0.383 e. The third kappa shape index (κ3) is 4.77. The van der Waals surface area contributed by atoms with Crippen molar-refractivity contribution >= 4 is 46.4 Å². The molecule has 2 aromatic rings. The first kappa shape index (κ1) is 22.6. The summed E-state index contributed by atoms with van der Waals surface area (Å²) in [6, 6.07) is 7.20. The van der Waals surface area contributed by atoms with Gasteiger partial charge in [0.2, 0.25) is 11.8 Å². The lowest BCUT2D eigenvalue weighted by Gasteiger charge is -2.38. The predicted octanol–water partition coefficient (Wildman–Crippen LogP) is 4.80. The molecule has 0 N–H and O–H groups in total. The third-order valence-electron chi connectivity index (χ3n) is 6.20. The number of halogens is 2. The number of carbonyl (C=O) groups excluding carboxylic acids is 2. The van der Waals surface area contributed by atoms with Crippen molar-refractivity contribution in [2.75, 3.05) is 33.4 Å². The second kappa shape index (κ2) is 9.90. The summed E-state index contributed by atoms with van der Waals surface area (Å²) in [6.45, 7) is 1.47. The molecule has 1 aromatic carbocycles. The first-order chi connectivity index (χ1) is 15.0. The Morgan fingerprint density at radius 1 is 1.23 bits per heavy atom. The number of nitrogens with zero attached hydrogens (tertiary/aromatic N) is 2. The maximum absolute atomic E-state index is 13.5. The van der Waals surface area contributed by atoms with E-state index in [0.29, 0.717) is 29.7 Å². The van der Waals surface area contributed by atoms with Crippen molar-refractivity contribution in [3.05, 3.63) is 55.7 Å². The minimum absolute atomic E-state index is 0.0380. The zero-order valence-electron chi connectivity index (χ0n) is 17.5. The number of hydrogen-bond donors (Lipinski definition) is 0. The van der Waals surface area contributed by atoms with Gasteiger partial charge in [0.25, 0.3) is 0 Å². The molecule has 1 atom stereocenters. The highest BCUT2D eigenvalue weighted by molar-refractivity contribution is 7.10. The topological polar surface area (TPSA) is 49.9 Å². The fraction of sp³-hybridized carbons (Fsp3) is 0.478. The Morgan fingerprint density at radius 3 is 2.71 bits per heavy atom. The number of rotatable bonds is 7. The molecule has 0 saturated heterocycles. The lowest BCUT2D eigenvalue weighted by Crippen LogP contribution is -2.49. The molecule has 2 amide bonds. The van der Waals surface area contributed by atoms with Crippen LogP contribution in [0.5, 0.6) is 0 Å². The number of carbonyl (C=O) groups is 2. The van der Waals surface area contributed by atoms with E-state index in [9.17, 15) is 9.59 Å². The van der Waals surface area contributed by atoms with Gasteiger partial charge in [-0.15, -0.1) is 11.3 Å². The molecule has 1 aromatic heterocycles. The summed E-state index contributed by atoms with van der Waals surface area (Å²) < 4.78 is 5.19. The van der Waals surface area contributed by atoms with E-state index in [4.69, 9.17) is 27.9 Å². The van der Waals surface area contributed by atoms with E-state index in [2.05, 4.69) is 11.4 Å². The monoisotopic (exact) mass is 480 g/mol. The van der Waals surface area contributed by atoms with Crippen molar-refractivity contribution < 1.29 is 14.3 Å². The van der Waals surface area contributed by atoms with Gasteiger partial charge in [-0.2, -0.15) is 0 Å². The van der Waals surface area contributed by atoms with Crippen molar-refractivity contribution in [3.8, 4) is 0 Å². The molecule has 4 rings (SSSR count). The molecule has 1 aliphatic heterocycles. The highest BCUT2D eigenvalue weighted by Gasteiger charge is 2.36. The van der Waals surface area contributed by atoms with Gasteiger partial charge in [0.15, 0.2) is 0 Å². The van der Waals surface area contributed by atoms with Gasteiger partial charge in [-0.3, -0.25) is 9.59 Å². The van der Waals surface area contributed by atoms with E-state index in [1.807, 2.05) is 11.0 Å². The zero-order chi connectivity index (χ0) is 22.0. The van der Waals surface area contributed by atoms with Crippen molar-refractivity contribution in [3.63, 3.8) is 0 Å². The standard InChI is InChI=1S/C23H26Cl2N2O3S/c1-30-11-10-26(23(29)15-3-2-4-15)14-21(28)27-9-7-20-18(8-12-31-20)22(27)17-6-5-16(24)13-19(17)25/h5-6,8,12-13,15,22H,2-4,7,9-11,14H2,1H3. The SMILES string of the molecule is COCCN(CC(=O)N1CCc2sccc2C1c1ccc(Cl)cc1Cl)C(=O)C1CCC1. The van der Waals surface area contributed by atoms with Crippen LogP contribution in [-0.2, 0) is 20.7 Å². The summed E-state index contributed by atoms with van der Waals surface area (Å²) in [5.74, 6) is 0.0265. The van der Waals surface area contributed by atoms with Crippen LogP contribution in [0.2, 0.25) is 10.0 Å². The second-order valence-electron chi connectivity index (χ2n) is 8.09.